The average molecular weight is 261 g/mol. The van der Waals surface area contributed by atoms with E-state index in [1.807, 2.05) is 0 Å². The number of carboxylic acids is 1. The molecular weight excluding hydrogens is 255 g/mol. The second-order valence-electron chi connectivity index (χ2n) is 2.83. The fourth-order valence-electron chi connectivity index (χ4n) is 1.07. The molecule has 0 bridgehead atoms. The highest BCUT2D eigenvalue weighted by atomic mass is 35.5. The molecule has 0 aromatic heterocycles. The third kappa shape index (κ3) is 3.15. The summed E-state index contributed by atoms with van der Waals surface area (Å²) in [5.74, 6) is -2.62. The standard InChI is InChI=1S/C9H6ClFN2O4/c10-5-1-2-6(12-3-4-13(16)17)7(8(5)11)9(14)15/h1-4,12H,(H,14,15)/b4-3+. The Morgan fingerprint density at radius 1 is 1.59 bits per heavy atom. The van der Waals surface area contributed by atoms with Gasteiger partial charge in [-0.2, -0.15) is 0 Å². The molecule has 0 radical (unpaired) electrons. The van der Waals surface area contributed by atoms with Gasteiger partial charge in [0.15, 0.2) is 5.82 Å². The molecule has 6 nitrogen and oxygen atoms in total. The molecule has 17 heavy (non-hydrogen) atoms. The van der Waals surface area contributed by atoms with Crippen LogP contribution in [0.25, 0.3) is 0 Å². The Morgan fingerprint density at radius 3 is 2.76 bits per heavy atom. The minimum Gasteiger partial charge on any atom is -0.478 e. The zero-order valence-corrected chi connectivity index (χ0v) is 8.94. The van der Waals surface area contributed by atoms with Gasteiger partial charge in [0.05, 0.1) is 21.8 Å². The number of hydrogen-bond donors (Lipinski definition) is 2. The minimum absolute atomic E-state index is 0.127. The van der Waals surface area contributed by atoms with Crippen LogP contribution in [0.5, 0.6) is 0 Å². The summed E-state index contributed by atoms with van der Waals surface area (Å²) in [7, 11) is 0. The highest BCUT2D eigenvalue weighted by Crippen LogP contribution is 2.25. The third-order valence-corrected chi connectivity index (χ3v) is 2.04. The topological polar surface area (TPSA) is 92.5 Å². The first kappa shape index (κ1) is 12.9. The maximum absolute atomic E-state index is 13.4. The van der Waals surface area contributed by atoms with Gasteiger partial charge in [0, 0.05) is 0 Å². The predicted molar refractivity (Wildman–Crippen MR) is 58.1 cm³/mol. The van der Waals surface area contributed by atoms with Gasteiger partial charge in [0.25, 0.3) is 0 Å². The van der Waals surface area contributed by atoms with Gasteiger partial charge in [-0.15, -0.1) is 0 Å². The molecule has 8 heteroatoms. The number of aromatic carboxylic acids is 1. The fourth-order valence-corrected chi connectivity index (χ4v) is 1.23. The molecule has 0 fully saturated rings. The molecule has 0 aliphatic rings. The lowest BCUT2D eigenvalue weighted by atomic mass is 10.1. The number of rotatable bonds is 4. The van der Waals surface area contributed by atoms with Crippen molar-refractivity contribution in [2.75, 3.05) is 5.32 Å². The summed E-state index contributed by atoms with van der Waals surface area (Å²) in [6.07, 6.45) is 1.44. The Kier molecular flexibility index (Phi) is 4.00. The Balaban J connectivity index is 3.12. The summed E-state index contributed by atoms with van der Waals surface area (Å²) in [4.78, 5) is 20.0. The van der Waals surface area contributed by atoms with E-state index < -0.39 is 22.3 Å². The van der Waals surface area contributed by atoms with Gasteiger partial charge in [-0.3, -0.25) is 10.1 Å². The van der Waals surface area contributed by atoms with Crippen molar-refractivity contribution in [3.63, 3.8) is 0 Å². The lowest BCUT2D eigenvalue weighted by Gasteiger charge is -2.07. The monoisotopic (exact) mass is 260 g/mol. The SMILES string of the molecule is O=C(O)c1c(N/C=C/[N+](=O)[O-])ccc(Cl)c1F. The van der Waals surface area contributed by atoms with E-state index in [2.05, 4.69) is 5.32 Å². The number of nitrogens with zero attached hydrogens (tertiary/aromatic N) is 1. The molecule has 0 saturated carbocycles. The smallest absolute Gasteiger partial charge is 0.340 e. The largest absolute Gasteiger partial charge is 0.478 e. The first-order chi connectivity index (χ1) is 7.93. The van der Waals surface area contributed by atoms with Crippen LogP contribution in [0.4, 0.5) is 10.1 Å². The van der Waals surface area contributed by atoms with Crippen LogP contribution >= 0.6 is 11.6 Å². The number of benzene rings is 1. The van der Waals surface area contributed by atoms with Crippen molar-refractivity contribution < 1.29 is 19.2 Å². The van der Waals surface area contributed by atoms with E-state index in [0.717, 1.165) is 12.3 Å². The second kappa shape index (κ2) is 5.26. The maximum atomic E-state index is 13.4. The van der Waals surface area contributed by atoms with E-state index >= 15 is 0 Å². The minimum atomic E-state index is -1.53. The molecule has 0 atom stereocenters. The van der Waals surface area contributed by atoms with Crippen LogP contribution in [0, 0.1) is 15.9 Å². The van der Waals surface area contributed by atoms with Crippen LogP contribution in [0.1, 0.15) is 10.4 Å². The van der Waals surface area contributed by atoms with Gasteiger partial charge in [0.2, 0.25) is 6.20 Å². The number of nitrogens with one attached hydrogen (secondary N) is 1. The molecule has 0 aliphatic carbocycles. The highest BCUT2D eigenvalue weighted by Gasteiger charge is 2.18. The van der Waals surface area contributed by atoms with Gasteiger partial charge in [-0.05, 0) is 12.1 Å². The molecule has 2 N–H and O–H groups in total. The Bertz CT molecular complexity index is 504. The van der Waals surface area contributed by atoms with Gasteiger partial charge < -0.3 is 10.4 Å². The Morgan fingerprint density at radius 2 is 2.24 bits per heavy atom. The van der Waals surface area contributed by atoms with Crippen molar-refractivity contribution in [2.45, 2.75) is 0 Å². The summed E-state index contributed by atoms with van der Waals surface area (Å²) < 4.78 is 13.4. The second-order valence-corrected chi connectivity index (χ2v) is 3.24. The Hall–Kier alpha value is -2.15. The predicted octanol–water partition coefficient (Wildman–Crippen LogP) is 2.34. The number of carbonyl (C=O) groups is 1. The summed E-state index contributed by atoms with van der Waals surface area (Å²) in [5, 5.41) is 20.7. The number of halogens is 2. The zero-order valence-electron chi connectivity index (χ0n) is 8.18. The van der Waals surface area contributed by atoms with Gasteiger partial charge in [0.1, 0.15) is 5.56 Å². The van der Waals surface area contributed by atoms with E-state index in [-0.39, 0.29) is 10.7 Å². The number of anilines is 1. The Labute approximate surface area is 99.5 Å². The third-order valence-electron chi connectivity index (χ3n) is 1.74. The van der Waals surface area contributed by atoms with Crippen molar-refractivity contribution in [1.82, 2.24) is 0 Å². The fraction of sp³-hybridized carbons (Fsp3) is 0. The van der Waals surface area contributed by atoms with Crippen molar-refractivity contribution >= 4 is 23.3 Å². The lowest BCUT2D eigenvalue weighted by Crippen LogP contribution is -2.06. The molecule has 0 saturated heterocycles. The van der Waals surface area contributed by atoms with E-state index in [0.29, 0.717) is 6.20 Å². The van der Waals surface area contributed by atoms with Crippen LogP contribution in [-0.2, 0) is 0 Å². The average Bonchev–Trinajstić information content (AvgIpc) is 2.22. The summed E-state index contributed by atoms with van der Waals surface area (Å²) >= 11 is 5.42. The van der Waals surface area contributed by atoms with Crippen LogP contribution in [0.3, 0.4) is 0 Å². The summed E-state index contributed by atoms with van der Waals surface area (Å²) in [6.45, 7) is 0. The van der Waals surface area contributed by atoms with Crippen molar-refractivity contribution in [1.29, 1.82) is 0 Å². The first-order valence-electron chi connectivity index (χ1n) is 4.21. The molecule has 0 unspecified atom stereocenters. The van der Waals surface area contributed by atoms with E-state index in [9.17, 15) is 19.3 Å². The number of nitro groups is 1. The lowest BCUT2D eigenvalue weighted by molar-refractivity contribution is -0.402. The summed E-state index contributed by atoms with van der Waals surface area (Å²) in [5.41, 5.74) is -0.803. The highest BCUT2D eigenvalue weighted by molar-refractivity contribution is 6.31. The van der Waals surface area contributed by atoms with E-state index in [1.165, 1.54) is 6.07 Å². The van der Waals surface area contributed by atoms with Crippen LogP contribution in [0.2, 0.25) is 5.02 Å². The van der Waals surface area contributed by atoms with E-state index in [1.54, 1.807) is 0 Å². The zero-order chi connectivity index (χ0) is 13.0. The number of carboxylic acid groups (broad SMARTS) is 1. The molecule has 0 aliphatic heterocycles. The van der Waals surface area contributed by atoms with Gasteiger partial charge in [-0.1, -0.05) is 11.6 Å². The normalized spacial score (nSPS) is 10.5. The maximum Gasteiger partial charge on any atom is 0.340 e. The van der Waals surface area contributed by atoms with Crippen LogP contribution in [-0.4, -0.2) is 16.0 Å². The molecular formula is C9H6ClFN2O4. The van der Waals surface area contributed by atoms with Crippen molar-refractivity contribution in [3.05, 3.63) is 51.1 Å². The summed E-state index contributed by atoms with van der Waals surface area (Å²) in [6, 6.07) is 2.35. The molecule has 0 amide bonds. The van der Waals surface area contributed by atoms with Crippen LogP contribution < -0.4 is 5.32 Å². The molecule has 90 valence electrons. The van der Waals surface area contributed by atoms with Gasteiger partial charge >= 0.3 is 5.97 Å². The molecule has 1 aromatic rings. The molecule has 0 heterocycles. The molecule has 1 rings (SSSR count). The van der Waals surface area contributed by atoms with Gasteiger partial charge in [-0.25, -0.2) is 9.18 Å². The molecule has 1 aromatic carbocycles. The molecule has 0 spiro atoms. The van der Waals surface area contributed by atoms with E-state index in [4.69, 9.17) is 16.7 Å². The van der Waals surface area contributed by atoms with Crippen molar-refractivity contribution in [3.8, 4) is 0 Å². The van der Waals surface area contributed by atoms with Crippen molar-refractivity contribution in [2.24, 2.45) is 0 Å². The quantitative estimate of drug-likeness (QED) is 0.640. The first-order valence-corrected chi connectivity index (χ1v) is 4.59. The van der Waals surface area contributed by atoms with Crippen LogP contribution in [0.15, 0.2) is 24.5 Å². The number of hydrogen-bond acceptors (Lipinski definition) is 4.